The number of rotatable bonds is 7. The Morgan fingerprint density at radius 3 is 2.66 bits per heavy atom. The fourth-order valence-corrected chi connectivity index (χ4v) is 5.26. The fourth-order valence-electron chi connectivity index (χ4n) is 4.50. The molecule has 0 bridgehead atoms. The first-order chi connectivity index (χ1) is 15.4. The molecule has 0 unspecified atom stereocenters. The zero-order valence-corrected chi connectivity index (χ0v) is 19.0. The van der Waals surface area contributed by atoms with E-state index in [2.05, 4.69) is 25.8 Å². The van der Waals surface area contributed by atoms with Crippen molar-refractivity contribution < 1.29 is 14.7 Å². The number of aromatic nitrogens is 1. The van der Waals surface area contributed by atoms with Crippen LogP contribution in [0.3, 0.4) is 0 Å². The van der Waals surface area contributed by atoms with Gasteiger partial charge in [0, 0.05) is 18.5 Å². The molecule has 6 N–H and O–H groups in total. The number of nitrogens with one attached hydrogen (secondary N) is 3. The van der Waals surface area contributed by atoms with Crippen LogP contribution in [0.15, 0.2) is 29.6 Å². The number of aliphatic hydroxyl groups is 1. The molecule has 172 valence electrons. The number of nitrogens with two attached hydrogens (primary N) is 1. The lowest BCUT2D eigenvalue weighted by Crippen LogP contribution is -2.59. The minimum absolute atomic E-state index is 0.0120. The number of thiazole rings is 1. The fraction of sp³-hybridized carbons (Fsp3) is 0.500. The van der Waals surface area contributed by atoms with Gasteiger partial charge < -0.3 is 31.7 Å². The minimum Gasteiger partial charge on any atom is -0.391 e. The molecule has 1 aromatic heterocycles. The lowest BCUT2D eigenvalue weighted by atomic mass is 9.86. The van der Waals surface area contributed by atoms with Gasteiger partial charge in [-0.2, -0.15) is 0 Å². The van der Waals surface area contributed by atoms with Gasteiger partial charge in [-0.15, -0.1) is 11.3 Å². The summed E-state index contributed by atoms with van der Waals surface area (Å²) in [5.74, 6) is -0.619. The van der Waals surface area contributed by atoms with E-state index in [9.17, 15) is 14.7 Å². The Hall–Kier alpha value is -2.69. The maximum Gasteiger partial charge on any atom is 0.275 e. The van der Waals surface area contributed by atoms with Crippen LogP contribution in [0.1, 0.15) is 42.6 Å². The van der Waals surface area contributed by atoms with Crippen LogP contribution < -0.4 is 26.6 Å². The van der Waals surface area contributed by atoms with Crippen molar-refractivity contribution >= 4 is 39.7 Å². The third-order valence-electron chi connectivity index (χ3n) is 6.59. The van der Waals surface area contributed by atoms with Crippen LogP contribution in [0.5, 0.6) is 0 Å². The Morgan fingerprint density at radius 1 is 1.25 bits per heavy atom. The van der Waals surface area contributed by atoms with Gasteiger partial charge in [-0.3, -0.25) is 9.59 Å². The molecule has 2 fully saturated rings. The van der Waals surface area contributed by atoms with Crippen LogP contribution in [0.25, 0.3) is 0 Å². The predicted molar refractivity (Wildman–Crippen MR) is 126 cm³/mol. The zero-order chi connectivity index (χ0) is 22.7. The maximum absolute atomic E-state index is 12.9. The van der Waals surface area contributed by atoms with E-state index in [1.807, 2.05) is 24.3 Å². The minimum atomic E-state index is -0.689. The van der Waals surface area contributed by atoms with Crippen molar-refractivity contribution in [1.82, 2.24) is 10.3 Å². The van der Waals surface area contributed by atoms with E-state index >= 15 is 0 Å². The molecule has 1 aliphatic heterocycles. The summed E-state index contributed by atoms with van der Waals surface area (Å²) < 4.78 is 0. The Bertz CT molecular complexity index is 972. The second-order valence-electron chi connectivity index (χ2n) is 8.44. The van der Waals surface area contributed by atoms with Gasteiger partial charge in [0.05, 0.1) is 23.5 Å². The van der Waals surface area contributed by atoms with Crippen molar-refractivity contribution in [3.63, 3.8) is 0 Å². The number of hydrogen-bond acceptors (Lipinski definition) is 8. The maximum atomic E-state index is 12.9. The molecule has 1 saturated carbocycles. The average Bonchev–Trinajstić information content (AvgIpc) is 3.43. The Morgan fingerprint density at radius 2 is 2.00 bits per heavy atom. The Balaban J connectivity index is 1.42. The number of aliphatic hydroxyl groups excluding tert-OH is 1. The molecular formula is C22H30N6O3S. The van der Waals surface area contributed by atoms with E-state index in [1.165, 1.54) is 11.3 Å². The number of amides is 2. The van der Waals surface area contributed by atoms with Crippen LogP contribution in [0.4, 0.5) is 16.5 Å². The molecule has 2 atom stereocenters. The summed E-state index contributed by atoms with van der Waals surface area (Å²) in [5.41, 5.74) is 6.86. The summed E-state index contributed by atoms with van der Waals surface area (Å²) in [6, 6.07) is 7.61. The standard InChI is InChI=1S/C22H30N6O3S/c1-24-22(20(23)31)9-11-28(12-10-22)17-7-3-2-5-14(17)25-19(30)16-13-32-21(27-16)26-15-6-4-8-18(15)29/h2-3,5,7,13,15,18,24,29H,4,6,8-12H2,1H3,(H2,23,31)(H,25,30)(H,26,27)/t15-,18+/m1/s1. The van der Waals surface area contributed by atoms with Gasteiger partial charge in [-0.1, -0.05) is 12.1 Å². The SMILES string of the molecule is CNC1(C(N)=O)CCN(c2ccccc2NC(=O)c2csc(N[C@@H]3CCC[C@@H]3O)n2)CC1. The van der Waals surface area contributed by atoms with Crippen molar-refractivity contribution in [2.24, 2.45) is 5.73 Å². The van der Waals surface area contributed by atoms with Crippen LogP contribution in [-0.2, 0) is 4.79 Å². The molecule has 0 radical (unpaired) electrons. The third-order valence-corrected chi connectivity index (χ3v) is 7.36. The van der Waals surface area contributed by atoms with Gasteiger partial charge in [-0.05, 0) is 51.3 Å². The summed E-state index contributed by atoms with van der Waals surface area (Å²) in [6.45, 7) is 1.29. The number of piperidine rings is 1. The van der Waals surface area contributed by atoms with E-state index in [0.717, 1.165) is 24.9 Å². The van der Waals surface area contributed by atoms with Crippen molar-refractivity contribution in [3.8, 4) is 0 Å². The second-order valence-corrected chi connectivity index (χ2v) is 9.30. The Labute approximate surface area is 191 Å². The molecule has 9 nitrogen and oxygen atoms in total. The van der Waals surface area contributed by atoms with Crippen LogP contribution in [0.2, 0.25) is 0 Å². The van der Waals surface area contributed by atoms with Crippen molar-refractivity contribution in [3.05, 3.63) is 35.3 Å². The highest BCUT2D eigenvalue weighted by Crippen LogP contribution is 2.32. The molecule has 1 saturated heterocycles. The molecule has 2 aliphatic rings. The molecule has 2 amide bonds. The molecule has 0 spiro atoms. The van der Waals surface area contributed by atoms with E-state index in [1.54, 1.807) is 12.4 Å². The Kier molecular flexibility index (Phi) is 6.63. The van der Waals surface area contributed by atoms with Gasteiger partial charge in [0.2, 0.25) is 5.91 Å². The number of benzene rings is 1. The topological polar surface area (TPSA) is 133 Å². The summed E-state index contributed by atoms with van der Waals surface area (Å²) in [6.07, 6.45) is 3.49. The monoisotopic (exact) mass is 458 g/mol. The molecule has 32 heavy (non-hydrogen) atoms. The summed E-state index contributed by atoms with van der Waals surface area (Å²) in [4.78, 5) is 31.3. The largest absolute Gasteiger partial charge is 0.391 e. The number of likely N-dealkylation sites (N-methyl/N-ethyl adjacent to an activating group) is 1. The second kappa shape index (κ2) is 9.43. The first kappa shape index (κ1) is 22.5. The molecule has 4 rings (SSSR count). The number of primary amides is 1. The van der Waals surface area contributed by atoms with Crippen molar-refractivity contribution in [2.45, 2.75) is 49.8 Å². The number of anilines is 3. The highest BCUT2D eigenvalue weighted by Gasteiger charge is 2.38. The zero-order valence-electron chi connectivity index (χ0n) is 18.1. The summed E-state index contributed by atoms with van der Waals surface area (Å²) >= 11 is 1.36. The molecule has 1 aromatic carbocycles. The molecular weight excluding hydrogens is 428 g/mol. The normalized spacial score (nSPS) is 22.5. The molecule has 1 aliphatic carbocycles. The van der Waals surface area contributed by atoms with Gasteiger partial charge in [0.15, 0.2) is 5.13 Å². The van der Waals surface area contributed by atoms with Gasteiger partial charge in [0.25, 0.3) is 5.91 Å². The van der Waals surface area contributed by atoms with Crippen LogP contribution in [0, 0.1) is 0 Å². The number of hydrogen-bond donors (Lipinski definition) is 5. The lowest BCUT2D eigenvalue weighted by molar-refractivity contribution is -0.125. The quantitative estimate of drug-likeness (QED) is 0.427. The van der Waals surface area contributed by atoms with E-state index in [0.29, 0.717) is 42.4 Å². The first-order valence-corrected chi connectivity index (χ1v) is 11.8. The smallest absolute Gasteiger partial charge is 0.275 e. The average molecular weight is 459 g/mol. The number of carbonyl (C=O) groups is 2. The summed E-state index contributed by atoms with van der Waals surface area (Å²) in [5, 5.41) is 21.7. The van der Waals surface area contributed by atoms with E-state index in [-0.39, 0.29) is 24.0 Å². The molecule has 2 aromatic rings. The number of nitrogens with zero attached hydrogens (tertiary/aromatic N) is 2. The van der Waals surface area contributed by atoms with Crippen molar-refractivity contribution in [2.75, 3.05) is 35.7 Å². The summed E-state index contributed by atoms with van der Waals surface area (Å²) in [7, 11) is 1.76. The number of para-hydroxylation sites is 2. The highest BCUT2D eigenvalue weighted by molar-refractivity contribution is 7.13. The van der Waals surface area contributed by atoms with Crippen molar-refractivity contribution in [1.29, 1.82) is 0 Å². The molecule has 2 heterocycles. The van der Waals surface area contributed by atoms with E-state index in [4.69, 9.17) is 5.73 Å². The van der Waals surface area contributed by atoms with E-state index < -0.39 is 5.54 Å². The molecule has 10 heteroatoms. The van der Waals surface area contributed by atoms with Crippen LogP contribution >= 0.6 is 11.3 Å². The predicted octanol–water partition coefficient (Wildman–Crippen LogP) is 1.76. The van der Waals surface area contributed by atoms with Gasteiger partial charge in [-0.25, -0.2) is 4.98 Å². The number of carbonyl (C=O) groups excluding carboxylic acids is 2. The third kappa shape index (κ3) is 4.57. The highest BCUT2D eigenvalue weighted by atomic mass is 32.1. The van der Waals surface area contributed by atoms with Gasteiger partial charge in [0.1, 0.15) is 11.2 Å². The van der Waals surface area contributed by atoms with Crippen LogP contribution in [-0.4, -0.2) is 59.7 Å². The van der Waals surface area contributed by atoms with Gasteiger partial charge >= 0.3 is 0 Å². The lowest BCUT2D eigenvalue weighted by Gasteiger charge is -2.41. The first-order valence-electron chi connectivity index (χ1n) is 11.0.